The number of sulfone groups is 1. The number of hydrogen-bond donors (Lipinski definition) is 2. The first kappa shape index (κ1) is 25.9. The van der Waals surface area contributed by atoms with Crippen LogP contribution in [0.5, 0.6) is 5.75 Å². The zero-order valence-corrected chi connectivity index (χ0v) is 23.1. The van der Waals surface area contributed by atoms with Gasteiger partial charge in [0.05, 0.1) is 40.1 Å². The van der Waals surface area contributed by atoms with E-state index in [0.717, 1.165) is 22.4 Å². The molecule has 0 bridgehead atoms. The molecule has 1 aliphatic heterocycles. The molecule has 5 rings (SSSR count). The summed E-state index contributed by atoms with van der Waals surface area (Å²) in [6.45, 7) is 0.927. The fourth-order valence-electron chi connectivity index (χ4n) is 4.44. The number of fused-ring (bicyclic) bond motifs is 2. The van der Waals surface area contributed by atoms with Crippen molar-refractivity contribution < 1.29 is 17.9 Å². The van der Waals surface area contributed by atoms with Gasteiger partial charge >= 0.3 is 0 Å². The lowest BCUT2D eigenvalue weighted by Gasteiger charge is -2.21. The van der Waals surface area contributed by atoms with Crippen LogP contribution in [0.25, 0.3) is 10.2 Å². The van der Waals surface area contributed by atoms with E-state index in [2.05, 4.69) is 20.6 Å². The Morgan fingerprint density at radius 2 is 1.92 bits per heavy atom. The van der Waals surface area contributed by atoms with Gasteiger partial charge in [-0.1, -0.05) is 12.1 Å². The van der Waals surface area contributed by atoms with Crippen LogP contribution in [0.3, 0.4) is 0 Å². The maximum absolute atomic E-state index is 12.8. The van der Waals surface area contributed by atoms with Crippen LogP contribution in [-0.4, -0.2) is 69.7 Å². The summed E-state index contributed by atoms with van der Waals surface area (Å²) in [4.78, 5) is 26.0. The number of amides is 1. The number of anilines is 5. The molecule has 38 heavy (non-hydrogen) atoms. The summed E-state index contributed by atoms with van der Waals surface area (Å²) in [5.41, 5.74) is 3.62. The molecule has 10 nitrogen and oxygen atoms in total. The topological polar surface area (TPSA) is 117 Å². The van der Waals surface area contributed by atoms with Gasteiger partial charge < -0.3 is 25.2 Å². The summed E-state index contributed by atoms with van der Waals surface area (Å²) in [6, 6.07) is 12.4. The van der Waals surface area contributed by atoms with Crippen LogP contribution >= 0.6 is 11.3 Å². The summed E-state index contributed by atoms with van der Waals surface area (Å²) < 4.78 is 31.1. The molecule has 3 heterocycles. The van der Waals surface area contributed by atoms with Gasteiger partial charge in [-0.15, -0.1) is 11.3 Å². The summed E-state index contributed by atoms with van der Waals surface area (Å²) in [5.74, 6) is 1.41. The second-order valence-corrected chi connectivity index (χ2v) is 12.2. The number of rotatable bonds is 8. The van der Waals surface area contributed by atoms with Gasteiger partial charge in [0.25, 0.3) is 0 Å². The van der Waals surface area contributed by atoms with E-state index in [9.17, 15) is 13.2 Å². The molecule has 0 radical (unpaired) electrons. The molecule has 12 heteroatoms. The summed E-state index contributed by atoms with van der Waals surface area (Å²) in [6.07, 6.45) is 1.92. The van der Waals surface area contributed by atoms with Gasteiger partial charge in [0.2, 0.25) is 11.9 Å². The number of nitrogens with zero attached hydrogens (tertiary/aromatic N) is 4. The number of likely N-dealkylation sites (N-methyl/N-ethyl adjacent to an activating group) is 1. The highest BCUT2D eigenvalue weighted by Gasteiger charge is 2.27. The largest absolute Gasteiger partial charge is 0.495 e. The lowest BCUT2D eigenvalue weighted by Crippen LogP contribution is -2.36. The van der Waals surface area contributed by atoms with Gasteiger partial charge in [-0.05, 0) is 61.8 Å². The number of ether oxygens (including phenoxy) is 1. The van der Waals surface area contributed by atoms with E-state index in [0.29, 0.717) is 47.5 Å². The number of methoxy groups -OCH3 is 1. The Morgan fingerprint density at radius 3 is 2.66 bits per heavy atom. The molecule has 0 spiro atoms. The fourth-order valence-corrected chi connectivity index (χ4v) is 6.06. The summed E-state index contributed by atoms with van der Waals surface area (Å²) in [7, 11) is 1.87. The van der Waals surface area contributed by atoms with Crippen molar-refractivity contribution >= 4 is 66.1 Å². The van der Waals surface area contributed by atoms with Crippen LogP contribution in [0.2, 0.25) is 0 Å². The van der Waals surface area contributed by atoms with Gasteiger partial charge in [0.15, 0.2) is 15.7 Å². The van der Waals surface area contributed by atoms with Crippen LogP contribution in [0.1, 0.15) is 5.56 Å². The van der Waals surface area contributed by atoms with Crippen LogP contribution in [-0.2, 0) is 21.1 Å². The number of carbonyl (C=O) groups excluding carboxylic acids is 1. The Hall–Kier alpha value is -3.74. The third-order valence-corrected chi connectivity index (χ3v) is 8.20. The third-order valence-electron chi connectivity index (χ3n) is 6.14. The highest BCUT2D eigenvalue weighted by Crippen LogP contribution is 2.39. The van der Waals surface area contributed by atoms with Gasteiger partial charge in [-0.25, -0.2) is 13.4 Å². The molecular formula is C26H28N6O4S2. The molecule has 0 aliphatic carbocycles. The highest BCUT2D eigenvalue weighted by molar-refractivity contribution is 7.90. The summed E-state index contributed by atoms with van der Waals surface area (Å²) >= 11 is 1.46. The lowest BCUT2D eigenvalue weighted by atomic mass is 10.1. The van der Waals surface area contributed by atoms with Crippen LogP contribution in [0.15, 0.2) is 52.7 Å². The first-order valence-corrected chi connectivity index (χ1v) is 14.7. The van der Waals surface area contributed by atoms with E-state index >= 15 is 0 Å². The smallest absolute Gasteiger partial charge is 0.241 e. The number of thiophene rings is 1. The van der Waals surface area contributed by atoms with E-state index in [1.807, 2.05) is 42.6 Å². The normalized spacial score (nSPS) is 13.1. The molecule has 0 saturated heterocycles. The Morgan fingerprint density at radius 1 is 1.13 bits per heavy atom. The molecule has 2 N–H and O–H groups in total. The van der Waals surface area contributed by atoms with Crippen molar-refractivity contribution in [1.29, 1.82) is 0 Å². The van der Waals surface area contributed by atoms with Gasteiger partial charge in [-0.2, -0.15) is 4.98 Å². The molecule has 0 atom stereocenters. The van der Waals surface area contributed by atoms with Gasteiger partial charge in [0, 0.05) is 18.5 Å². The second-order valence-electron chi connectivity index (χ2n) is 9.26. The van der Waals surface area contributed by atoms with Crippen LogP contribution in [0.4, 0.5) is 28.8 Å². The number of aromatic nitrogens is 2. The number of carbonyl (C=O) groups is 1. The monoisotopic (exact) mass is 552 g/mol. The van der Waals surface area contributed by atoms with Crippen molar-refractivity contribution in [2.45, 2.75) is 11.3 Å². The Kier molecular flexibility index (Phi) is 6.95. The zero-order valence-electron chi connectivity index (χ0n) is 21.5. The molecule has 0 fully saturated rings. The molecule has 2 aromatic carbocycles. The van der Waals surface area contributed by atoms with Crippen LogP contribution in [0, 0.1) is 0 Å². The Balaban J connectivity index is 1.52. The number of benzene rings is 2. The Labute approximate surface area is 225 Å². The highest BCUT2D eigenvalue weighted by atomic mass is 32.2. The third kappa shape index (κ3) is 5.15. The molecule has 2 aromatic heterocycles. The van der Waals surface area contributed by atoms with E-state index in [-0.39, 0.29) is 10.8 Å². The van der Waals surface area contributed by atoms with Crippen molar-refractivity contribution in [3.63, 3.8) is 0 Å². The average Bonchev–Trinajstić information content (AvgIpc) is 3.50. The van der Waals surface area contributed by atoms with Crippen molar-refractivity contribution in [3.8, 4) is 5.75 Å². The molecule has 1 amide bonds. The molecule has 0 saturated carbocycles. The lowest BCUT2D eigenvalue weighted by molar-refractivity contribution is -0.119. The number of nitrogens with one attached hydrogen (secondary N) is 2. The minimum atomic E-state index is -3.46. The summed E-state index contributed by atoms with van der Waals surface area (Å²) in [5, 5.41) is 8.36. The predicted octanol–water partition coefficient (Wildman–Crippen LogP) is 4.04. The van der Waals surface area contributed by atoms with Crippen molar-refractivity contribution in [2.75, 3.05) is 56.1 Å². The molecular weight excluding hydrogens is 524 g/mol. The fraction of sp³-hybridized carbons (Fsp3) is 0.269. The van der Waals surface area contributed by atoms with Crippen molar-refractivity contribution in [3.05, 3.63) is 53.4 Å². The molecule has 0 unspecified atom stereocenters. The average molecular weight is 553 g/mol. The standard InChI is InChI=1S/C26H28N6O4S2/c1-31(2)15-23(33)32-11-9-16-13-21(36-3)19(14-20(16)32)29-26-28-18-10-12-37-24(18)25(30-26)27-17-7-5-6-8-22(17)38(4,34)35/h5-8,10,12-14H,9,11,15H2,1-4H3,(H2,27,28,29,30). The zero-order chi connectivity index (χ0) is 27.0. The molecule has 4 aromatic rings. The van der Waals surface area contributed by atoms with Gasteiger partial charge in [-0.3, -0.25) is 4.79 Å². The minimum absolute atomic E-state index is 0.0248. The van der Waals surface area contributed by atoms with E-state index in [4.69, 9.17) is 4.74 Å². The number of para-hydroxylation sites is 1. The first-order valence-electron chi connectivity index (χ1n) is 11.9. The van der Waals surface area contributed by atoms with Crippen molar-refractivity contribution in [1.82, 2.24) is 14.9 Å². The Bertz CT molecular complexity index is 1630. The first-order chi connectivity index (χ1) is 18.1. The van der Waals surface area contributed by atoms with E-state index < -0.39 is 9.84 Å². The van der Waals surface area contributed by atoms with E-state index in [1.165, 1.54) is 17.6 Å². The maximum atomic E-state index is 12.8. The maximum Gasteiger partial charge on any atom is 0.241 e. The minimum Gasteiger partial charge on any atom is -0.495 e. The SMILES string of the molecule is COc1cc2c(cc1Nc1nc(Nc3ccccc3S(C)(=O)=O)c3sccc3n1)N(C(=O)CN(C)C)CC2. The molecule has 198 valence electrons. The van der Waals surface area contributed by atoms with Crippen LogP contribution < -0.4 is 20.3 Å². The quantitative estimate of drug-likeness (QED) is 0.334. The second kappa shape index (κ2) is 10.2. The predicted molar refractivity (Wildman–Crippen MR) is 151 cm³/mol. The molecule has 1 aliphatic rings. The van der Waals surface area contributed by atoms with E-state index in [1.54, 1.807) is 36.3 Å². The van der Waals surface area contributed by atoms with Crippen molar-refractivity contribution in [2.24, 2.45) is 0 Å². The number of hydrogen-bond acceptors (Lipinski definition) is 10. The van der Waals surface area contributed by atoms with Gasteiger partial charge in [0.1, 0.15) is 5.75 Å².